The molecule has 6 nitrogen and oxygen atoms in total. The van der Waals surface area contributed by atoms with Gasteiger partial charge in [0.2, 0.25) is 0 Å². The van der Waals surface area contributed by atoms with Crippen LogP contribution >= 0.6 is 11.6 Å². The lowest BCUT2D eigenvalue weighted by molar-refractivity contribution is 0.0929. The van der Waals surface area contributed by atoms with Crippen LogP contribution in [-0.2, 0) is 0 Å². The van der Waals surface area contributed by atoms with Gasteiger partial charge in [-0.3, -0.25) is 14.6 Å². The second-order valence-corrected chi connectivity index (χ2v) is 6.49. The van der Waals surface area contributed by atoms with Gasteiger partial charge in [-0.15, -0.1) is 0 Å². The van der Waals surface area contributed by atoms with Crippen molar-refractivity contribution in [2.45, 2.75) is 6.42 Å². The molecule has 2 heterocycles. The van der Waals surface area contributed by atoms with Gasteiger partial charge in [0, 0.05) is 36.5 Å². The summed E-state index contributed by atoms with van der Waals surface area (Å²) in [6, 6.07) is 10.9. The minimum atomic E-state index is -0.708. The lowest BCUT2D eigenvalue weighted by Crippen LogP contribution is -2.32. The lowest BCUT2D eigenvalue weighted by atomic mass is 10.1. The number of aromatic nitrogens is 1. The van der Waals surface area contributed by atoms with Gasteiger partial charge in [0.15, 0.2) is 0 Å². The summed E-state index contributed by atoms with van der Waals surface area (Å²) in [6.45, 7) is 2.33. The predicted molar refractivity (Wildman–Crippen MR) is 96.9 cm³/mol. The number of primary amides is 1. The summed E-state index contributed by atoms with van der Waals surface area (Å²) < 4.78 is 0. The van der Waals surface area contributed by atoms with Crippen molar-refractivity contribution in [2.24, 2.45) is 11.7 Å². The van der Waals surface area contributed by atoms with E-state index in [0.29, 0.717) is 17.5 Å². The number of anilines is 1. The molecule has 1 aromatic carbocycles. The summed E-state index contributed by atoms with van der Waals surface area (Å²) in [5, 5.41) is 3.60. The molecule has 1 saturated heterocycles. The molecule has 0 bridgehead atoms. The zero-order valence-corrected chi connectivity index (χ0v) is 14.4. The van der Waals surface area contributed by atoms with E-state index in [4.69, 9.17) is 17.3 Å². The first kappa shape index (κ1) is 17.2. The lowest BCUT2D eigenvalue weighted by Gasteiger charge is -2.19. The van der Waals surface area contributed by atoms with Crippen LogP contribution in [0.2, 0.25) is 5.02 Å². The summed E-state index contributed by atoms with van der Waals surface area (Å²) in [6.07, 6.45) is 2.43. The van der Waals surface area contributed by atoms with E-state index in [1.54, 1.807) is 12.1 Å². The number of carbonyl (C=O) groups excluding carboxylic acids is 2. The minimum Gasteiger partial charge on any atom is -0.371 e. The SMILES string of the molecule is NC(=O)c1ncccc1C(=O)NCC1CCN(c2ccc(Cl)cc2)C1. The highest BCUT2D eigenvalue weighted by molar-refractivity contribution is 6.30. The molecule has 0 spiro atoms. The molecule has 25 heavy (non-hydrogen) atoms. The number of benzene rings is 1. The zero-order chi connectivity index (χ0) is 17.8. The molecule has 0 saturated carbocycles. The van der Waals surface area contributed by atoms with Crippen molar-refractivity contribution in [3.8, 4) is 0 Å². The maximum absolute atomic E-state index is 12.3. The third kappa shape index (κ3) is 4.09. The number of nitrogens with two attached hydrogens (primary N) is 1. The van der Waals surface area contributed by atoms with E-state index in [2.05, 4.69) is 15.2 Å². The van der Waals surface area contributed by atoms with Gasteiger partial charge in [-0.05, 0) is 48.7 Å². The number of pyridine rings is 1. The summed E-state index contributed by atoms with van der Waals surface area (Å²) in [5.41, 5.74) is 6.60. The molecule has 1 aromatic heterocycles. The van der Waals surface area contributed by atoms with Gasteiger partial charge in [0.05, 0.1) is 5.56 Å². The fraction of sp³-hybridized carbons (Fsp3) is 0.278. The van der Waals surface area contributed by atoms with Crippen molar-refractivity contribution < 1.29 is 9.59 Å². The Bertz CT molecular complexity index is 779. The number of amides is 2. The summed E-state index contributed by atoms with van der Waals surface area (Å²) in [5.74, 6) is -0.694. The fourth-order valence-electron chi connectivity index (χ4n) is 3.00. The smallest absolute Gasteiger partial charge is 0.268 e. The molecule has 1 unspecified atom stereocenters. The molecule has 0 aliphatic carbocycles. The number of hydrogen-bond donors (Lipinski definition) is 2. The number of nitrogens with one attached hydrogen (secondary N) is 1. The Morgan fingerprint density at radius 1 is 1.28 bits per heavy atom. The number of halogens is 1. The molecular weight excluding hydrogens is 340 g/mol. The predicted octanol–water partition coefficient (Wildman–Crippen LogP) is 2.09. The molecule has 2 amide bonds. The van der Waals surface area contributed by atoms with Crippen molar-refractivity contribution in [3.63, 3.8) is 0 Å². The van der Waals surface area contributed by atoms with Crippen LogP contribution in [0.1, 0.15) is 27.3 Å². The third-order valence-corrected chi connectivity index (χ3v) is 4.57. The van der Waals surface area contributed by atoms with Crippen LogP contribution in [0.4, 0.5) is 5.69 Å². The van der Waals surface area contributed by atoms with Gasteiger partial charge in [-0.2, -0.15) is 0 Å². The fourth-order valence-corrected chi connectivity index (χ4v) is 3.13. The number of carbonyl (C=O) groups is 2. The first-order valence-electron chi connectivity index (χ1n) is 8.08. The van der Waals surface area contributed by atoms with Gasteiger partial charge < -0.3 is 16.0 Å². The van der Waals surface area contributed by atoms with E-state index in [1.165, 1.54) is 6.20 Å². The average molecular weight is 359 g/mol. The molecule has 3 N–H and O–H groups in total. The van der Waals surface area contributed by atoms with Gasteiger partial charge in [0.1, 0.15) is 5.69 Å². The molecular formula is C18H19ClN4O2. The first-order valence-corrected chi connectivity index (χ1v) is 8.46. The minimum absolute atomic E-state index is 0.00536. The second kappa shape index (κ2) is 7.53. The number of nitrogens with zero attached hydrogens (tertiary/aromatic N) is 2. The molecule has 1 atom stereocenters. The Hall–Kier alpha value is -2.60. The van der Waals surface area contributed by atoms with Crippen molar-refractivity contribution in [2.75, 3.05) is 24.5 Å². The van der Waals surface area contributed by atoms with E-state index in [9.17, 15) is 9.59 Å². The van der Waals surface area contributed by atoms with Crippen molar-refractivity contribution in [1.82, 2.24) is 10.3 Å². The highest BCUT2D eigenvalue weighted by Gasteiger charge is 2.24. The monoisotopic (exact) mass is 358 g/mol. The van der Waals surface area contributed by atoms with E-state index >= 15 is 0 Å². The zero-order valence-electron chi connectivity index (χ0n) is 13.6. The normalized spacial score (nSPS) is 16.7. The highest BCUT2D eigenvalue weighted by atomic mass is 35.5. The number of rotatable bonds is 5. The van der Waals surface area contributed by atoms with Gasteiger partial charge in [-0.1, -0.05) is 11.6 Å². The van der Waals surface area contributed by atoms with Crippen LogP contribution in [0, 0.1) is 5.92 Å². The van der Waals surface area contributed by atoms with Gasteiger partial charge in [-0.25, -0.2) is 0 Å². The summed E-state index contributed by atoms with van der Waals surface area (Å²) >= 11 is 5.92. The summed E-state index contributed by atoms with van der Waals surface area (Å²) in [7, 11) is 0. The maximum atomic E-state index is 12.3. The van der Waals surface area contributed by atoms with Gasteiger partial charge >= 0.3 is 0 Å². The third-order valence-electron chi connectivity index (χ3n) is 4.31. The van der Waals surface area contributed by atoms with Crippen LogP contribution < -0.4 is 16.0 Å². The Morgan fingerprint density at radius 2 is 2.04 bits per heavy atom. The van der Waals surface area contributed by atoms with Crippen molar-refractivity contribution >= 4 is 29.1 Å². The van der Waals surface area contributed by atoms with E-state index in [0.717, 1.165) is 25.2 Å². The Labute approximate surface area is 151 Å². The summed E-state index contributed by atoms with van der Waals surface area (Å²) in [4.78, 5) is 29.9. The Kier molecular flexibility index (Phi) is 5.19. The van der Waals surface area contributed by atoms with E-state index in [-0.39, 0.29) is 17.2 Å². The van der Waals surface area contributed by atoms with Crippen LogP contribution in [0.15, 0.2) is 42.6 Å². The van der Waals surface area contributed by atoms with E-state index in [1.807, 2.05) is 24.3 Å². The van der Waals surface area contributed by atoms with Gasteiger partial charge in [0.25, 0.3) is 11.8 Å². The molecule has 0 radical (unpaired) electrons. The second-order valence-electron chi connectivity index (χ2n) is 6.05. The first-order chi connectivity index (χ1) is 12.0. The molecule has 7 heteroatoms. The maximum Gasteiger partial charge on any atom is 0.268 e. The topological polar surface area (TPSA) is 88.3 Å². The van der Waals surface area contributed by atoms with Crippen molar-refractivity contribution in [3.05, 3.63) is 58.9 Å². The molecule has 3 rings (SSSR count). The molecule has 1 aliphatic heterocycles. The number of hydrogen-bond acceptors (Lipinski definition) is 4. The van der Waals surface area contributed by atoms with Crippen LogP contribution in [0.25, 0.3) is 0 Å². The highest BCUT2D eigenvalue weighted by Crippen LogP contribution is 2.24. The Morgan fingerprint density at radius 3 is 2.76 bits per heavy atom. The molecule has 130 valence electrons. The largest absolute Gasteiger partial charge is 0.371 e. The van der Waals surface area contributed by atoms with E-state index < -0.39 is 5.91 Å². The average Bonchev–Trinajstić information content (AvgIpc) is 3.09. The Balaban J connectivity index is 1.57. The molecule has 2 aromatic rings. The van der Waals surface area contributed by atoms with Crippen LogP contribution in [0.5, 0.6) is 0 Å². The van der Waals surface area contributed by atoms with Crippen LogP contribution in [0.3, 0.4) is 0 Å². The standard InChI is InChI=1S/C18H19ClN4O2/c19-13-3-5-14(6-4-13)23-9-7-12(11-23)10-22-18(25)15-2-1-8-21-16(15)17(20)24/h1-6,8,12H,7,9-11H2,(H2,20,24)(H,22,25). The van der Waals surface area contributed by atoms with Crippen LogP contribution in [-0.4, -0.2) is 36.4 Å². The van der Waals surface area contributed by atoms with Crippen molar-refractivity contribution in [1.29, 1.82) is 0 Å². The molecule has 1 aliphatic rings. The molecule has 1 fully saturated rings. The quantitative estimate of drug-likeness (QED) is 0.856.